The fraction of sp³-hybridized carbons (Fsp3) is 0.611. The SMILES string of the molecule is CCCCCN1C(=O)C(C(C)C)Oc2c(OC)cc(CO)cc21. The van der Waals surface area contributed by atoms with Gasteiger partial charge in [-0.25, -0.2) is 0 Å². The van der Waals surface area contributed by atoms with E-state index >= 15 is 0 Å². The molecule has 23 heavy (non-hydrogen) atoms. The maximum absolute atomic E-state index is 12.8. The van der Waals surface area contributed by atoms with Gasteiger partial charge in [-0.3, -0.25) is 4.79 Å². The minimum atomic E-state index is -0.502. The van der Waals surface area contributed by atoms with E-state index in [0.29, 0.717) is 29.3 Å². The standard InChI is InChI=1S/C18H27NO4/c1-5-6-7-8-19-14-9-13(11-20)10-15(22-4)17(14)23-16(12(2)3)18(19)21/h9-10,12,16,20H,5-8,11H2,1-4H3. The zero-order chi connectivity index (χ0) is 17.0. The summed E-state index contributed by atoms with van der Waals surface area (Å²) in [6, 6.07) is 3.58. The number of anilines is 1. The van der Waals surface area contributed by atoms with E-state index in [9.17, 15) is 9.90 Å². The van der Waals surface area contributed by atoms with Crippen LogP contribution in [-0.2, 0) is 11.4 Å². The third-order valence-electron chi connectivity index (χ3n) is 4.13. The number of carbonyl (C=O) groups is 1. The molecule has 0 saturated heterocycles. The van der Waals surface area contributed by atoms with Gasteiger partial charge < -0.3 is 19.5 Å². The quantitative estimate of drug-likeness (QED) is 0.784. The highest BCUT2D eigenvalue weighted by molar-refractivity contribution is 6.01. The van der Waals surface area contributed by atoms with Crippen LogP contribution in [0.3, 0.4) is 0 Å². The summed E-state index contributed by atoms with van der Waals surface area (Å²) in [6.07, 6.45) is 2.61. The fourth-order valence-electron chi connectivity index (χ4n) is 2.83. The van der Waals surface area contributed by atoms with Crippen molar-refractivity contribution < 1.29 is 19.4 Å². The zero-order valence-corrected chi connectivity index (χ0v) is 14.5. The van der Waals surface area contributed by atoms with E-state index in [1.807, 2.05) is 19.9 Å². The number of amides is 1. The fourth-order valence-corrected chi connectivity index (χ4v) is 2.83. The summed E-state index contributed by atoms with van der Waals surface area (Å²) in [5.41, 5.74) is 1.41. The molecule has 1 aromatic rings. The summed E-state index contributed by atoms with van der Waals surface area (Å²) in [5.74, 6) is 1.22. The molecular formula is C18H27NO4. The van der Waals surface area contributed by atoms with E-state index in [1.54, 1.807) is 18.1 Å². The Labute approximate surface area is 138 Å². The van der Waals surface area contributed by atoms with E-state index in [2.05, 4.69) is 6.92 Å². The molecule has 1 heterocycles. The Morgan fingerprint density at radius 1 is 1.35 bits per heavy atom. The molecule has 0 fully saturated rings. The van der Waals surface area contributed by atoms with E-state index in [0.717, 1.165) is 19.3 Å². The Morgan fingerprint density at radius 3 is 2.65 bits per heavy atom. The van der Waals surface area contributed by atoms with Crippen molar-refractivity contribution in [2.75, 3.05) is 18.6 Å². The summed E-state index contributed by atoms with van der Waals surface area (Å²) < 4.78 is 11.4. The Kier molecular flexibility index (Phi) is 5.88. The van der Waals surface area contributed by atoms with Gasteiger partial charge in [-0.05, 0) is 30.0 Å². The molecule has 0 bridgehead atoms. The first-order valence-electron chi connectivity index (χ1n) is 8.33. The Balaban J connectivity index is 2.46. The number of aliphatic hydroxyl groups excluding tert-OH is 1. The van der Waals surface area contributed by atoms with Gasteiger partial charge in [0, 0.05) is 6.54 Å². The number of methoxy groups -OCH3 is 1. The van der Waals surface area contributed by atoms with Crippen LogP contribution in [-0.4, -0.2) is 30.8 Å². The minimum Gasteiger partial charge on any atom is -0.493 e. The van der Waals surface area contributed by atoms with E-state index in [-0.39, 0.29) is 18.4 Å². The van der Waals surface area contributed by atoms with Gasteiger partial charge in [-0.15, -0.1) is 0 Å². The number of aliphatic hydroxyl groups is 1. The van der Waals surface area contributed by atoms with Crippen molar-refractivity contribution in [1.29, 1.82) is 0 Å². The first-order valence-corrected chi connectivity index (χ1v) is 8.33. The van der Waals surface area contributed by atoms with Crippen LogP contribution in [0.15, 0.2) is 12.1 Å². The van der Waals surface area contributed by atoms with Crippen LogP contribution in [0.1, 0.15) is 45.6 Å². The number of fused-ring (bicyclic) bond motifs is 1. The summed E-state index contributed by atoms with van der Waals surface area (Å²) in [4.78, 5) is 14.6. The molecule has 0 aliphatic carbocycles. The number of ether oxygens (including phenoxy) is 2. The second kappa shape index (κ2) is 7.68. The predicted molar refractivity (Wildman–Crippen MR) is 90.0 cm³/mol. The van der Waals surface area contributed by atoms with Crippen molar-refractivity contribution in [2.45, 2.75) is 52.7 Å². The van der Waals surface area contributed by atoms with Gasteiger partial charge in [0.1, 0.15) is 0 Å². The summed E-state index contributed by atoms with van der Waals surface area (Å²) in [5, 5.41) is 9.47. The molecule has 5 nitrogen and oxygen atoms in total. The molecule has 1 aromatic carbocycles. The molecule has 128 valence electrons. The van der Waals surface area contributed by atoms with Crippen molar-refractivity contribution in [1.82, 2.24) is 0 Å². The molecule has 1 aliphatic heterocycles. The lowest BCUT2D eigenvalue weighted by Crippen LogP contribution is -2.48. The molecule has 0 saturated carbocycles. The van der Waals surface area contributed by atoms with Crippen LogP contribution in [0.4, 0.5) is 5.69 Å². The zero-order valence-electron chi connectivity index (χ0n) is 14.5. The molecule has 2 rings (SSSR count). The third kappa shape index (κ3) is 3.61. The lowest BCUT2D eigenvalue weighted by molar-refractivity contribution is -0.128. The topological polar surface area (TPSA) is 59.0 Å². The van der Waals surface area contributed by atoms with Crippen LogP contribution >= 0.6 is 0 Å². The van der Waals surface area contributed by atoms with Crippen molar-refractivity contribution in [3.8, 4) is 11.5 Å². The molecule has 1 N–H and O–H groups in total. The third-order valence-corrected chi connectivity index (χ3v) is 4.13. The smallest absolute Gasteiger partial charge is 0.268 e. The van der Waals surface area contributed by atoms with Crippen molar-refractivity contribution in [3.63, 3.8) is 0 Å². The monoisotopic (exact) mass is 321 g/mol. The summed E-state index contributed by atoms with van der Waals surface area (Å²) in [7, 11) is 1.57. The van der Waals surface area contributed by atoms with Crippen molar-refractivity contribution >= 4 is 11.6 Å². The highest BCUT2D eigenvalue weighted by Gasteiger charge is 2.37. The Bertz CT molecular complexity index is 556. The number of benzene rings is 1. The molecule has 1 amide bonds. The summed E-state index contributed by atoms with van der Waals surface area (Å²) >= 11 is 0. The molecule has 5 heteroatoms. The van der Waals surface area contributed by atoms with Gasteiger partial charge in [-0.2, -0.15) is 0 Å². The molecular weight excluding hydrogens is 294 g/mol. The highest BCUT2D eigenvalue weighted by atomic mass is 16.5. The molecule has 1 unspecified atom stereocenters. The van der Waals surface area contributed by atoms with Gasteiger partial charge in [0.15, 0.2) is 17.6 Å². The van der Waals surface area contributed by atoms with E-state index < -0.39 is 6.10 Å². The first-order chi connectivity index (χ1) is 11.0. The second-order valence-corrected chi connectivity index (χ2v) is 6.28. The number of hydrogen-bond acceptors (Lipinski definition) is 4. The largest absolute Gasteiger partial charge is 0.493 e. The molecule has 1 aliphatic rings. The van der Waals surface area contributed by atoms with Crippen LogP contribution in [0.5, 0.6) is 11.5 Å². The average molecular weight is 321 g/mol. The first kappa shape index (κ1) is 17.6. The maximum Gasteiger partial charge on any atom is 0.268 e. The Morgan fingerprint density at radius 2 is 2.09 bits per heavy atom. The Hall–Kier alpha value is -1.75. The van der Waals surface area contributed by atoms with Gasteiger partial charge in [0.2, 0.25) is 0 Å². The van der Waals surface area contributed by atoms with E-state index in [1.165, 1.54) is 0 Å². The van der Waals surface area contributed by atoms with Crippen LogP contribution in [0.25, 0.3) is 0 Å². The highest BCUT2D eigenvalue weighted by Crippen LogP contribution is 2.44. The maximum atomic E-state index is 12.8. The summed E-state index contributed by atoms with van der Waals surface area (Å²) in [6.45, 7) is 6.65. The minimum absolute atomic E-state index is 0.0132. The van der Waals surface area contributed by atoms with Gasteiger partial charge in [0.25, 0.3) is 5.91 Å². The molecule has 0 radical (unpaired) electrons. The number of carbonyl (C=O) groups excluding carboxylic acids is 1. The molecule has 1 atom stereocenters. The lowest BCUT2D eigenvalue weighted by atomic mass is 10.0. The molecule has 0 spiro atoms. The number of rotatable bonds is 7. The van der Waals surface area contributed by atoms with Gasteiger partial charge >= 0.3 is 0 Å². The van der Waals surface area contributed by atoms with Crippen LogP contribution in [0.2, 0.25) is 0 Å². The number of nitrogens with zero attached hydrogens (tertiary/aromatic N) is 1. The second-order valence-electron chi connectivity index (χ2n) is 6.28. The lowest BCUT2D eigenvalue weighted by Gasteiger charge is -2.37. The van der Waals surface area contributed by atoms with Crippen LogP contribution < -0.4 is 14.4 Å². The normalized spacial score (nSPS) is 17.2. The van der Waals surface area contributed by atoms with Crippen molar-refractivity contribution in [2.24, 2.45) is 5.92 Å². The number of hydrogen-bond donors (Lipinski definition) is 1. The van der Waals surface area contributed by atoms with E-state index in [4.69, 9.17) is 9.47 Å². The van der Waals surface area contributed by atoms with Crippen LogP contribution in [0, 0.1) is 5.92 Å². The van der Waals surface area contributed by atoms with Gasteiger partial charge in [0.05, 0.1) is 19.4 Å². The predicted octanol–water partition coefficient (Wildman–Crippen LogP) is 3.13. The van der Waals surface area contributed by atoms with Gasteiger partial charge in [-0.1, -0.05) is 33.6 Å². The molecule has 0 aromatic heterocycles. The van der Waals surface area contributed by atoms with Crippen molar-refractivity contribution in [3.05, 3.63) is 17.7 Å². The number of unbranched alkanes of at least 4 members (excludes halogenated alkanes) is 2. The average Bonchev–Trinajstić information content (AvgIpc) is 2.55.